The van der Waals surface area contributed by atoms with Crippen LogP contribution < -0.4 is 0 Å². The summed E-state index contributed by atoms with van der Waals surface area (Å²) in [4.78, 5) is 0. The summed E-state index contributed by atoms with van der Waals surface area (Å²) in [5, 5.41) is 10.2. The first-order chi connectivity index (χ1) is 5.77. The fraction of sp³-hybridized carbons (Fsp3) is 0.333. The topological polar surface area (TPSA) is 29.5 Å². The van der Waals surface area contributed by atoms with Gasteiger partial charge in [0.25, 0.3) is 0 Å². The summed E-state index contributed by atoms with van der Waals surface area (Å²) in [6, 6.07) is 5.47. The molecule has 0 saturated carbocycles. The number of fused-ring (bicyclic) bond motifs is 1. The number of hydrogen-bond acceptors (Lipinski definition) is 2. The standard InChI is InChI=1S/C9H9ClO2/c10-7-1-2-8-6(3-7)4-12-5-9(8)11/h1-3,9,11H,4-5H2/t9-/m0/s1. The Kier molecular flexibility index (Phi) is 2.05. The molecule has 0 amide bonds. The van der Waals surface area contributed by atoms with Gasteiger partial charge in [-0.15, -0.1) is 0 Å². The molecule has 1 aromatic carbocycles. The monoisotopic (exact) mass is 184 g/mol. The fourth-order valence-corrected chi connectivity index (χ4v) is 1.59. The average molecular weight is 185 g/mol. The highest BCUT2D eigenvalue weighted by Crippen LogP contribution is 2.26. The summed E-state index contributed by atoms with van der Waals surface area (Å²) < 4.78 is 5.15. The Bertz CT molecular complexity index is 299. The Balaban J connectivity index is 2.46. The molecule has 64 valence electrons. The Hall–Kier alpha value is -0.570. The molecule has 0 bridgehead atoms. The molecule has 3 heteroatoms. The van der Waals surface area contributed by atoms with Gasteiger partial charge in [0.15, 0.2) is 0 Å². The van der Waals surface area contributed by atoms with Crippen molar-refractivity contribution in [1.82, 2.24) is 0 Å². The molecule has 1 atom stereocenters. The molecule has 0 spiro atoms. The number of ether oxygens (including phenoxy) is 1. The van der Waals surface area contributed by atoms with Crippen molar-refractivity contribution >= 4 is 11.6 Å². The van der Waals surface area contributed by atoms with Crippen molar-refractivity contribution in [2.75, 3.05) is 6.61 Å². The first kappa shape index (κ1) is 8.05. The number of halogens is 1. The first-order valence-electron chi connectivity index (χ1n) is 3.81. The van der Waals surface area contributed by atoms with E-state index >= 15 is 0 Å². The maximum Gasteiger partial charge on any atom is 0.103 e. The summed E-state index contributed by atoms with van der Waals surface area (Å²) in [6.45, 7) is 0.932. The predicted molar refractivity (Wildman–Crippen MR) is 46.1 cm³/mol. The second-order valence-corrected chi connectivity index (χ2v) is 3.31. The van der Waals surface area contributed by atoms with Gasteiger partial charge in [0.05, 0.1) is 13.2 Å². The third kappa shape index (κ3) is 1.33. The number of aliphatic hydroxyl groups is 1. The van der Waals surface area contributed by atoms with Gasteiger partial charge in [0, 0.05) is 5.02 Å². The van der Waals surface area contributed by atoms with Crippen LogP contribution in [0.3, 0.4) is 0 Å². The highest BCUT2D eigenvalue weighted by atomic mass is 35.5. The highest BCUT2D eigenvalue weighted by Gasteiger charge is 2.17. The average Bonchev–Trinajstić information content (AvgIpc) is 2.04. The number of aliphatic hydroxyl groups excluding tert-OH is 1. The van der Waals surface area contributed by atoms with Gasteiger partial charge in [-0.25, -0.2) is 0 Å². The van der Waals surface area contributed by atoms with E-state index in [1.807, 2.05) is 12.1 Å². The zero-order chi connectivity index (χ0) is 8.55. The van der Waals surface area contributed by atoms with Crippen LogP contribution in [0, 0.1) is 0 Å². The Labute approximate surface area is 75.7 Å². The van der Waals surface area contributed by atoms with Crippen molar-refractivity contribution in [3.63, 3.8) is 0 Å². The molecular weight excluding hydrogens is 176 g/mol. The maximum absolute atomic E-state index is 9.48. The molecule has 1 aliphatic rings. The predicted octanol–water partition coefficient (Wildman–Crippen LogP) is 1.90. The molecule has 0 aliphatic carbocycles. The van der Waals surface area contributed by atoms with Crippen LogP contribution in [0.4, 0.5) is 0 Å². The Morgan fingerprint density at radius 2 is 2.33 bits per heavy atom. The lowest BCUT2D eigenvalue weighted by molar-refractivity contribution is 0.00982. The number of hydrogen-bond donors (Lipinski definition) is 1. The first-order valence-corrected chi connectivity index (χ1v) is 4.19. The third-order valence-corrected chi connectivity index (χ3v) is 2.23. The molecule has 0 fully saturated rings. The minimum Gasteiger partial charge on any atom is -0.386 e. The molecule has 1 N–H and O–H groups in total. The second-order valence-electron chi connectivity index (χ2n) is 2.87. The normalized spacial score (nSPS) is 22.0. The van der Waals surface area contributed by atoms with Crippen LogP contribution >= 0.6 is 11.6 Å². The number of benzene rings is 1. The van der Waals surface area contributed by atoms with Crippen molar-refractivity contribution in [1.29, 1.82) is 0 Å². The number of rotatable bonds is 0. The summed E-state index contributed by atoms with van der Waals surface area (Å²) in [6.07, 6.45) is -0.494. The molecule has 12 heavy (non-hydrogen) atoms. The third-order valence-electron chi connectivity index (χ3n) is 2.00. The quantitative estimate of drug-likeness (QED) is 0.668. The fourth-order valence-electron chi connectivity index (χ4n) is 1.39. The van der Waals surface area contributed by atoms with Crippen LogP contribution in [0.15, 0.2) is 18.2 Å². The second kappa shape index (κ2) is 3.05. The van der Waals surface area contributed by atoms with Crippen molar-refractivity contribution in [2.24, 2.45) is 0 Å². The van der Waals surface area contributed by atoms with Crippen LogP contribution in [0.1, 0.15) is 17.2 Å². The van der Waals surface area contributed by atoms with E-state index in [0.29, 0.717) is 18.2 Å². The van der Waals surface area contributed by atoms with Gasteiger partial charge < -0.3 is 9.84 Å². The van der Waals surface area contributed by atoms with Crippen LogP contribution in [0.2, 0.25) is 5.02 Å². The molecule has 2 rings (SSSR count). The van der Waals surface area contributed by atoms with Crippen LogP contribution in [0.5, 0.6) is 0 Å². The summed E-state index contributed by atoms with van der Waals surface area (Å²) in [5.41, 5.74) is 1.92. The van der Waals surface area contributed by atoms with Gasteiger partial charge in [0.1, 0.15) is 6.10 Å². The SMILES string of the molecule is O[C@H]1COCc2cc(Cl)ccc21. The van der Waals surface area contributed by atoms with Crippen molar-refractivity contribution in [2.45, 2.75) is 12.7 Å². The van der Waals surface area contributed by atoms with Crippen molar-refractivity contribution < 1.29 is 9.84 Å². The molecule has 0 aromatic heterocycles. The Morgan fingerprint density at radius 3 is 3.17 bits per heavy atom. The van der Waals surface area contributed by atoms with E-state index in [9.17, 15) is 5.11 Å². The molecule has 0 unspecified atom stereocenters. The van der Waals surface area contributed by atoms with Crippen LogP contribution in [-0.2, 0) is 11.3 Å². The lowest BCUT2D eigenvalue weighted by Gasteiger charge is -2.21. The summed E-state index contributed by atoms with van der Waals surface area (Å²) in [7, 11) is 0. The molecule has 0 saturated heterocycles. The van der Waals surface area contributed by atoms with Gasteiger partial charge in [-0.1, -0.05) is 17.7 Å². The van der Waals surface area contributed by atoms with E-state index in [0.717, 1.165) is 11.1 Å². The smallest absolute Gasteiger partial charge is 0.103 e. The highest BCUT2D eigenvalue weighted by molar-refractivity contribution is 6.30. The molecule has 2 nitrogen and oxygen atoms in total. The van der Waals surface area contributed by atoms with Crippen molar-refractivity contribution in [3.05, 3.63) is 34.3 Å². The lowest BCUT2D eigenvalue weighted by atomic mass is 10.0. The van der Waals surface area contributed by atoms with E-state index in [1.165, 1.54) is 0 Å². The van der Waals surface area contributed by atoms with Gasteiger partial charge in [-0.3, -0.25) is 0 Å². The Morgan fingerprint density at radius 1 is 1.50 bits per heavy atom. The zero-order valence-electron chi connectivity index (χ0n) is 6.46. The van der Waals surface area contributed by atoms with Gasteiger partial charge in [-0.05, 0) is 23.3 Å². The molecule has 1 aliphatic heterocycles. The van der Waals surface area contributed by atoms with E-state index in [2.05, 4.69) is 0 Å². The van der Waals surface area contributed by atoms with E-state index in [1.54, 1.807) is 6.07 Å². The van der Waals surface area contributed by atoms with Crippen molar-refractivity contribution in [3.8, 4) is 0 Å². The van der Waals surface area contributed by atoms with Gasteiger partial charge in [-0.2, -0.15) is 0 Å². The summed E-state index contributed by atoms with van der Waals surface area (Å²) >= 11 is 5.79. The van der Waals surface area contributed by atoms with Crippen LogP contribution in [-0.4, -0.2) is 11.7 Å². The minimum absolute atomic E-state index is 0.384. The van der Waals surface area contributed by atoms with Crippen LogP contribution in [0.25, 0.3) is 0 Å². The van der Waals surface area contributed by atoms with E-state index in [4.69, 9.17) is 16.3 Å². The molecular formula is C9H9ClO2. The molecule has 1 aromatic rings. The lowest BCUT2D eigenvalue weighted by Crippen LogP contribution is -2.15. The summed E-state index contributed by atoms with van der Waals surface area (Å²) in [5.74, 6) is 0. The largest absolute Gasteiger partial charge is 0.386 e. The van der Waals surface area contributed by atoms with E-state index < -0.39 is 6.10 Å². The van der Waals surface area contributed by atoms with E-state index in [-0.39, 0.29) is 0 Å². The zero-order valence-corrected chi connectivity index (χ0v) is 7.21. The minimum atomic E-state index is -0.494. The maximum atomic E-state index is 9.48. The van der Waals surface area contributed by atoms with Gasteiger partial charge >= 0.3 is 0 Å². The molecule has 1 heterocycles. The van der Waals surface area contributed by atoms with Gasteiger partial charge in [0.2, 0.25) is 0 Å². The molecule has 0 radical (unpaired) electrons.